The van der Waals surface area contributed by atoms with Crippen LogP contribution in [0.3, 0.4) is 0 Å². The van der Waals surface area contributed by atoms with Crippen LogP contribution >= 0.6 is 11.6 Å². The summed E-state index contributed by atoms with van der Waals surface area (Å²) in [6, 6.07) is 9.30. The molecule has 1 aromatic rings. The Kier molecular flexibility index (Phi) is 6.25. The van der Waals surface area contributed by atoms with Gasteiger partial charge in [0.25, 0.3) is 5.91 Å². The van der Waals surface area contributed by atoms with Crippen molar-refractivity contribution in [1.29, 1.82) is 0 Å². The summed E-state index contributed by atoms with van der Waals surface area (Å²) in [5, 5.41) is 0. The number of piperidine rings is 1. The molecule has 0 spiro atoms. The monoisotopic (exact) mass is 323 g/mol. The molecule has 0 radical (unpaired) electrons. The third kappa shape index (κ3) is 4.23. The van der Waals surface area contributed by atoms with E-state index in [0.29, 0.717) is 31.0 Å². The molecule has 5 heteroatoms. The van der Waals surface area contributed by atoms with Crippen LogP contribution in [0.5, 0.6) is 0 Å². The summed E-state index contributed by atoms with van der Waals surface area (Å²) in [6.45, 7) is 1.33. The van der Waals surface area contributed by atoms with Gasteiger partial charge in [-0.1, -0.05) is 18.2 Å². The molecule has 1 aliphatic heterocycles. The summed E-state index contributed by atoms with van der Waals surface area (Å²) in [6.07, 6.45) is 2.03. The molecule has 2 atom stereocenters. The van der Waals surface area contributed by atoms with Crippen molar-refractivity contribution in [2.75, 3.05) is 26.1 Å². The minimum Gasteiger partial charge on any atom is -0.469 e. The second kappa shape index (κ2) is 8.18. The van der Waals surface area contributed by atoms with E-state index >= 15 is 0 Å². The Bertz CT molecular complexity index is 506. The number of alkyl halides is 1. The highest BCUT2D eigenvalue weighted by Crippen LogP contribution is 2.30. The van der Waals surface area contributed by atoms with Crippen LogP contribution in [-0.4, -0.2) is 42.9 Å². The molecular formula is C17H22ClNO3. The van der Waals surface area contributed by atoms with Gasteiger partial charge < -0.3 is 9.64 Å². The molecular weight excluding hydrogens is 302 g/mol. The van der Waals surface area contributed by atoms with Crippen molar-refractivity contribution in [3.8, 4) is 0 Å². The lowest BCUT2D eigenvalue weighted by Gasteiger charge is -2.38. The fraction of sp³-hybridized carbons (Fsp3) is 0.529. The van der Waals surface area contributed by atoms with Crippen molar-refractivity contribution < 1.29 is 14.3 Å². The van der Waals surface area contributed by atoms with Crippen molar-refractivity contribution in [1.82, 2.24) is 4.90 Å². The number of likely N-dealkylation sites (tertiary alicyclic amines) is 1. The van der Waals surface area contributed by atoms with Crippen LogP contribution in [-0.2, 0) is 9.53 Å². The molecule has 0 aromatic heterocycles. The van der Waals surface area contributed by atoms with Crippen molar-refractivity contribution in [3.63, 3.8) is 0 Å². The number of rotatable bonds is 5. The van der Waals surface area contributed by atoms with E-state index in [0.717, 1.165) is 12.8 Å². The van der Waals surface area contributed by atoms with Gasteiger partial charge in [-0.2, -0.15) is 0 Å². The first-order chi connectivity index (χ1) is 10.7. The lowest BCUT2D eigenvalue weighted by Crippen LogP contribution is -2.44. The van der Waals surface area contributed by atoms with E-state index in [2.05, 4.69) is 0 Å². The Morgan fingerprint density at radius 3 is 2.64 bits per heavy atom. The number of carbonyl (C=O) groups excluding carboxylic acids is 2. The average molecular weight is 324 g/mol. The molecule has 22 heavy (non-hydrogen) atoms. The number of esters is 1. The number of carbonyl (C=O) groups is 2. The maximum absolute atomic E-state index is 12.5. The van der Waals surface area contributed by atoms with E-state index in [4.69, 9.17) is 16.3 Å². The molecule has 2 rings (SSSR count). The zero-order valence-electron chi connectivity index (χ0n) is 12.8. The van der Waals surface area contributed by atoms with Crippen molar-refractivity contribution >= 4 is 23.5 Å². The standard InChI is InChI=1S/C17H22ClNO3/c1-22-16(20)11-14-8-10-19(12-15(14)7-9-18)17(21)13-5-3-2-4-6-13/h2-6,14-15H,7-12H2,1H3/t14-,15-/m0/s1. The molecule has 0 unspecified atom stereocenters. The number of halogens is 1. The third-order valence-corrected chi connectivity index (χ3v) is 4.55. The molecule has 1 amide bonds. The third-order valence-electron chi connectivity index (χ3n) is 4.34. The fourth-order valence-electron chi connectivity index (χ4n) is 3.06. The molecule has 1 saturated heterocycles. The molecule has 1 heterocycles. The Balaban J connectivity index is 2.03. The lowest BCUT2D eigenvalue weighted by molar-refractivity contribution is -0.142. The highest BCUT2D eigenvalue weighted by atomic mass is 35.5. The van der Waals surface area contributed by atoms with Gasteiger partial charge in [0.05, 0.1) is 7.11 Å². The molecule has 120 valence electrons. The van der Waals surface area contributed by atoms with Crippen LogP contribution in [0.4, 0.5) is 0 Å². The first-order valence-electron chi connectivity index (χ1n) is 7.62. The molecule has 0 aliphatic carbocycles. The van der Waals surface area contributed by atoms with Gasteiger partial charge in [-0.3, -0.25) is 9.59 Å². The molecule has 0 bridgehead atoms. The van der Waals surface area contributed by atoms with Gasteiger partial charge in [0.1, 0.15) is 0 Å². The minimum atomic E-state index is -0.188. The van der Waals surface area contributed by atoms with Crippen LogP contribution in [0.2, 0.25) is 0 Å². The van der Waals surface area contributed by atoms with E-state index in [-0.39, 0.29) is 23.7 Å². The fourth-order valence-corrected chi connectivity index (χ4v) is 3.34. The maximum Gasteiger partial charge on any atom is 0.305 e. The zero-order chi connectivity index (χ0) is 15.9. The Labute approximate surface area is 136 Å². The van der Waals surface area contributed by atoms with Crippen LogP contribution < -0.4 is 0 Å². The summed E-state index contributed by atoms with van der Waals surface area (Å²) >= 11 is 5.90. The summed E-state index contributed by atoms with van der Waals surface area (Å²) in [7, 11) is 1.41. The Morgan fingerprint density at radius 2 is 2.00 bits per heavy atom. The summed E-state index contributed by atoms with van der Waals surface area (Å²) < 4.78 is 4.77. The predicted octanol–water partition coefficient (Wildman–Crippen LogP) is 2.96. The number of amides is 1. The number of benzene rings is 1. The summed E-state index contributed by atoms with van der Waals surface area (Å²) in [4.78, 5) is 25.9. The van der Waals surface area contributed by atoms with Crippen LogP contribution in [0.1, 0.15) is 29.6 Å². The van der Waals surface area contributed by atoms with Crippen molar-refractivity contribution in [2.45, 2.75) is 19.3 Å². The van der Waals surface area contributed by atoms with Crippen LogP contribution in [0.15, 0.2) is 30.3 Å². The molecule has 4 nitrogen and oxygen atoms in total. The summed E-state index contributed by atoms with van der Waals surface area (Å²) in [5.74, 6) is 0.892. The van der Waals surface area contributed by atoms with E-state index in [1.807, 2.05) is 35.2 Å². The first kappa shape index (κ1) is 16.8. The number of hydrogen-bond donors (Lipinski definition) is 0. The molecule has 1 aromatic carbocycles. The Hall–Kier alpha value is -1.55. The number of ether oxygens (including phenoxy) is 1. The highest BCUT2D eigenvalue weighted by Gasteiger charge is 2.32. The van der Waals surface area contributed by atoms with Gasteiger partial charge in [-0.25, -0.2) is 0 Å². The SMILES string of the molecule is COC(=O)C[C@@H]1CCN(C(=O)c2ccccc2)C[C@@H]1CCCl. The molecule has 0 N–H and O–H groups in total. The van der Waals surface area contributed by atoms with Gasteiger partial charge in [-0.05, 0) is 36.8 Å². The normalized spacial score (nSPS) is 21.5. The predicted molar refractivity (Wildman–Crippen MR) is 85.9 cm³/mol. The molecule has 0 saturated carbocycles. The summed E-state index contributed by atoms with van der Waals surface area (Å²) in [5.41, 5.74) is 0.707. The van der Waals surface area contributed by atoms with Crippen molar-refractivity contribution in [3.05, 3.63) is 35.9 Å². The van der Waals surface area contributed by atoms with Crippen LogP contribution in [0.25, 0.3) is 0 Å². The number of methoxy groups -OCH3 is 1. The smallest absolute Gasteiger partial charge is 0.305 e. The highest BCUT2D eigenvalue weighted by molar-refractivity contribution is 6.17. The lowest BCUT2D eigenvalue weighted by atomic mass is 9.81. The average Bonchev–Trinajstić information content (AvgIpc) is 2.56. The van der Waals surface area contributed by atoms with E-state index in [1.54, 1.807) is 0 Å². The number of hydrogen-bond acceptors (Lipinski definition) is 3. The first-order valence-corrected chi connectivity index (χ1v) is 8.16. The van der Waals surface area contributed by atoms with Gasteiger partial charge in [0.2, 0.25) is 0 Å². The van der Waals surface area contributed by atoms with Crippen molar-refractivity contribution in [2.24, 2.45) is 11.8 Å². The minimum absolute atomic E-state index is 0.0525. The van der Waals surface area contributed by atoms with E-state index in [9.17, 15) is 9.59 Å². The zero-order valence-corrected chi connectivity index (χ0v) is 13.6. The quantitative estimate of drug-likeness (QED) is 0.618. The Morgan fingerprint density at radius 1 is 1.27 bits per heavy atom. The number of nitrogens with zero attached hydrogens (tertiary/aromatic N) is 1. The maximum atomic E-state index is 12.5. The van der Waals surface area contributed by atoms with Gasteiger partial charge >= 0.3 is 5.97 Å². The van der Waals surface area contributed by atoms with Gasteiger partial charge in [0.15, 0.2) is 0 Å². The topological polar surface area (TPSA) is 46.6 Å². The largest absolute Gasteiger partial charge is 0.469 e. The van der Waals surface area contributed by atoms with E-state index < -0.39 is 0 Å². The van der Waals surface area contributed by atoms with Gasteiger partial charge in [-0.15, -0.1) is 11.6 Å². The van der Waals surface area contributed by atoms with E-state index in [1.165, 1.54) is 7.11 Å². The second-order valence-corrected chi connectivity index (χ2v) is 6.06. The molecule has 1 aliphatic rings. The second-order valence-electron chi connectivity index (χ2n) is 5.68. The van der Waals surface area contributed by atoms with Gasteiger partial charge in [0, 0.05) is 31.0 Å². The van der Waals surface area contributed by atoms with Crippen LogP contribution in [0, 0.1) is 11.8 Å². The molecule has 1 fully saturated rings.